The second-order valence-corrected chi connectivity index (χ2v) is 8.14. The van der Waals surface area contributed by atoms with Crippen LogP contribution in [0.2, 0.25) is 0 Å². The van der Waals surface area contributed by atoms with Gasteiger partial charge in [0.2, 0.25) is 0 Å². The van der Waals surface area contributed by atoms with Crippen LogP contribution in [0.1, 0.15) is 54.4 Å². The zero-order valence-electron chi connectivity index (χ0n) is 13.1. The molecule has 3 saturated carbocycles. The highest BCUT2D eigenvalue weighted by molar-refractivity contribution is 7.17. The number of hydrogen-bond donors (Lipinski definition) is 3. The van der Waals surface area contributed by atoms with Gasteiger partial charge in [-0.25, -0.2) is 9.97 Å². The van der Waals surface area contributed by atoms with Gasteiger partial charge in [-0.15, -0.1) is 11.3 Å². The van der Waals surface area contributed by atoms with Crippen LogP contribution >= 0.6 is 11.3 Å². The molecule has 2 aromatic rings. The summed E-state index contributed by atoms with van der Waals surface area (Å²) in [5, 5.41) is 19.8. The van der Waals surface area contributed by atoms with E-state index in [-0.39, 0.29) is 29.4 Å². The molecule has 2 bridgehead atoms. The fourth-order valence-corrected chi connectivity index (χ4v) is 4.95. The number of aromatic nitrogens is 4. The first-order valence-corrected chi connectivity index (χ1v) is 8.57. The van der Waals surface area contributed by atoms with E-state index >= 15 is 0 Å². The van der Waals surface area contributed by atoms with E-state index in [0.29, 0.717) is 15.7 Å². The molecule has 3 N–H and O–H groups in total. The van der Waals surface area contributed by atoms with Crippen molar-refractivity contribution in [2.45, 2.75) is 44.6 Å². The van der Waals surface area contributed by atoms with E-state index in [9.17, 15) is 9.90 Å². The highest BCUT2D eigenvalue weighted by Crippen LogP contribution is 2.66. The molecule has 1 amide bonds. The highest BCUT2D eigenvalue weighted by atomic mass is 32.1. The highest BCUT2D eigenvalue weighted by Gasteiger charge is 2.68. The van der Waals surface area contributed by atoms with Crippen molar-refractivity contribution >= 4 is 17.2 Å². The third kappa shape index (κ3) is 2.20. The molecule has 0 radical (unpaired) electrons. The largest absolute Gasteiger partial charge is 0.396 e. The number of aromatic amines is 1. The number of rotatable bonds is 5. The smallest absolute Gasteiger partial charge is 0.263 e. The minimum atomic E-state index is -0.107. The zero-order valence-corrected chi connectivity index (χ0v) is 13.9. The SMILES string of the molecule is CC(C)c1nc(-c2ncn[nH]2)sc1C(=O)NC12CC(CO)(C1)C2. The molecule has 0 aliphatic heterocycles. The summed E-state index contributed by atoms with van der Waals surface area (Å²) in [4.78, 5) is 22.1. The van der Waals surface area contributed by atoms with Crippen molar-refractivity contribution in [1.82, 2.24) is 25.5 Å². The van der Waals surface area contributed by atoms with E-state index in [0.717, 1.165) is 25.0 Å². The van der Waals surface area contributed by atoms with Gasteiger partial charge in [0, 0.05) is 17.6 Å². The van der Waals surface area contributed by atoms with Gasteiger partial charge in [0.1, 0.15) is 11.2 Å². The van der Waals surface area contributed by atoms with Crippen LogP contribution in [-0.2, 0) is 0 Å². The number of hydrogen-bond acceptors (Lipinski definition) is 6. The number of thiazole rings is 1. The summed E-state index contributed by atoms with van der Waals surface area (Å²) < 4.78 is 0. The average Bonchev–Trinajstić information content (AvgIpc) is 3.08. The predicted molar refractivity (Wildman–Crippen MR) is 85.1 cm³/mol. The molecule has 3 fully saturated rings. The first kappa shape index (κ1) is 14.8. The molecule has 122 valence electrons. The fraction of sp³-hybridized carbons (Fsp3) is 0.600. The number of carbonyl (C=O) groups is 1. The third-order valence-electron chi connectivity index (χ3n) is 4.88. The second kappa shape index (κ2) is 4.85. The van der Waals surface area contributed by atoms with Gasteiger partial charge in [-0.3, -0.25) is 9.89 Å². The minimum absolute atomic E-state index is 0.0665. The number of amides is 1. The van der Waals surface area contributed by atoms with Gasteiger partial charge < -0.3 is 10.4 Å². The van der Waals surface area contributed by atoms with E-state index in [4.69, 9.17) is 0 Å². The quantitative estimate of drug-likeness (QED) is 0.772. The van der Waals surface area contributed by atoms with Gasteiger partial charge in [0.05, 0.1) is 5.69 Å². The van der Waals surface area contributed by atoms with Crippen LogP contribution in [0.5, 0.6) is 0 Å². The molecule has 2 heterocycles. The average molecular weight is 333 g/mol. The molecular formula is C15H19N5O2S. The van der Waals surface area contributed by atoms with Gasteiger partial charge in [-0.05, 0) is 25.2 Å². The van der Waals surface area contributed by atoms with Crippen LogP contribution in [0.3, 0.4) is 0 Å². The lowest BCUT2D eigenvalue weighted by molar-refractivity contribution is -0.172. The molecule has 8 heteroatoms. The molecule has 0 spiro atoms. The first-order chi connectivity index (χ1) is 11.0. The number of H-pyrrole nitrogens is 1. The van der Waals surface area contributed by atoms with E-state index in [2.05, 4.69) is 25.5 Å². The Hall–Kier alpha value is -1.80. The van der Waals surface area contributed by atoms with Crippen molar-refractivity contribution in [3.63, 3.8) is 0 Å². The van der Waals surface area contributed by atoms with Crippen LogP contribution in [0, 0.1) is 5.41 Å². The lowest BCUT2D eigenvalue weighted by atomic mass is 9.39. The van der Waals surface area contributed by atoms with Crippen molar-refractivity contribution in [2.24, 2.45) is 5.41 Å². The van der Waals surface area contributed by atoms with Crippen molar-refractivity contribution in [1.29, 1.82) is 0 Å². The van der Waals surface area contributed by atoms with Crippen LogP contribution in [0.25, 0.3) is 10.8 Å². The van der Waals surface area contributed by atoms with Crippen LogP contribution in [-0.4, -0.2) is 43.3 Å². The summed E-state index contributed by atoms with van der Waals surface area (Å²) in [6.07, 6.45) is 4.08. The zero-order chi connectivity index (χ0) is 16.2. The number of carbonyl (C=O) groups excluding carboxylic acids is 1. The Labute approximate surface area is 137 Å². The van der Waals surface area contributed by atoms with Crippen molar-refractivity contribution in [3.8, 4) is 10.8 Å². The molecule has 2 aromatic heterocycles. The first-order valence-electron chi connectivity index (χ1n) is 7.76. The Kier molecular flexibility index (Phi) is 3.11. The molecule has 5 rings (SSSR count). The number of nitrogens with one attached hydrogen (secondary N) is 2. The Balaban J connectivity index is 1.57. The Morgan fingerprint density at radius 3 is 2.78 bits per heavy atom. The van der Waals surface area contributed by atoms with Crippen molar-refractivity contribution in [2.75, 3.05) is 6.61 Å². The topological polar surface area (TPSA) is 104 Å². The second-order valence-electron chi connectivity index (χ2n) is 7.15. The summed E-state index contributed by atoms with van der Waals surface area (Å²) in [5.74, 6) is 0.671. The lowest BCUT2D eigenvalue weighted by Crippen LogP contribution is -2.75. The molecular weight excluding hydrogens is 314 g/mol. The normalized spacial score (nSPS) is 28.3. The van der Waals surface area contributed by atoms with Crippen LogP contribution in [0.4, 0.5) is 0 Å². The molecule has 7 nitrogen and oxygen atoms in total. The van der Waals surface area contributed by atoms with Gasteiger partial charge in [0.25, 0.3) is 5.91 Å². The van der Waals surface area contributed by atoms with Gasteiger partial charge in [-0.2, -0.15) is 5.10 Å². The molecule has 0 aromatic carbocycles. The van der Waals surface area contributed by atoms with Crippen molar-refractivity contribution in [3.05, 3.63) is 16.9 Å². The number of aliphatic hydroxyl groups excluding tert-OH is 1. The predicted octanol–water partition coefficient (Wildman–Crippen LogP) is 1.70. The summed E-state index contributed by atoms with van der Waals surface area (Å²) in [6.45, 7) is 4.27. The Morgan fingerprint density at radius 1 is 1.48 bits per heavy atom. The van der Waals surface area contributed by atoms with Gasteiger partial charge >= 0.3 is 0 Å². The number of nitrogens with zero attached hydrogens (tertiary/aromatic N) is 3. The minimum Gasteiger partial charge on any atom is -0.396 e. The maximum Gasteiger partial charge on any atom is 0.263 e. The Bertz CT molecular complexity index is 732. The monoisotopic (exact) mass is 333 g/mol. The summed E-state index contributed by atoms with van der Waals surface area (Å²) in [5.41, 5.74) is 0.763. The van der Waals surface area contributed by atoms with Crippen molar-refractivity contribution < 1.29 is 9.90 Å². The summed E-state index contributed by atoms with van der Waals surface area (Å²) in [7, 11) is 0. The third-order valence-corrected chi connectivity index (χ3v) is 5.95. The summed E-state index contributed by atoms with van der Waals surface area (Å²) in [6, 6.07) is 0. The molecule has 0 saturated heterocycles. The molecule has 3 aliphatic carbocycles. The Morgan fingerprint density at radius 2 is 2.22 bits per heavy atom. The van der Waals surface area contributed by atoms with Crippen LogP contribution < -0.4 is 5.32 Å². The molecule has 0 unspecified atom stereocenters. The van der Waals surface area contributed by atoms with Gasteiger partial charge in [0.15, 0.2) is 10.8 Å². The maximum atomic E-state index is 12.7. The van der Waals surface area contributed by atoms with E-state index < -0.39 is 0 Å². The van der Waals surface area contributed by atoms with E-state index in [1.54, 1.807) is 0 Å². The van der Waals surface area contributed by atoms with Crippen LogP contribution in [0.15, 0.2) is 6.33 Å². The number of aliphatic hydroxyl groups is 1. The molecule has 0 atom stereocenters. The van der Waals surface area contributed by atoms with Gasteiger partial charge in [-0.1, -0.05) is 13.8 Å². The fourth-order valence-electron chi connectivity index (χ4n) is 3.89. The lowest BCUT2D eigenvalue weighted by Gasteiger charge is -2.70. The molecule has 3 aliphatic rings. The van der Waals surface area contributed by atoms with E-state index in [1.165, 1.54) is 17.7 Å². The van der Waals surface area contributed by atoms with E-state index in [1.807, 2.05) is 13.8 Å². The molecule has 23 heavy (non-hydrogen) atoms. The standard InChI is InChI=1S/C15H19N5O2S/c1-8(2)9-10(23-13(18-9)11-16-7-17-20-11)12(22)19-15-3-14(4-15,5-15)6-21/h7-8,21H,3-6H2,1-2H3,(H,19,22)(H,16,17,20). The maximum absolute atomic E-state index is 12.7. The summed E-state index contributed by atoms with van der Waals surface area (Å²) >= 11 is 1.34.